The number of rotatable bonds is 7. The Balaban J connectivity index is 1.55. The van der Waals surface area contributed by atoms with Crippen molar-refractivity contribution in [1.82, 2.24) is 19.7 Å². The average Bonchev–Trinajstić information content (AvgIpc) is 3.50. The molecular weight excluding hydrogens is 509 g/mol. The molecule has 37 heavy (non-hydrogen) atoms. The molecule has 3 N–H and O–H groups in total. The third kappa shape index (κ3) is 4.81. The SMILES string of the molecule is C[C@H](c1c(OC(F)F)ccc(F)c1Cl)c1c[nH]c2ncc(-c3cnn(C4CCC(O)CC4)c3CO)cc12. The molecule has 5 rings (SSSR count). The van der Waals surface area contributed by atoms with Crippen LogP contribution >= 0.6 is 11.6 Å². The van der Waals surface area contributed by atoms with Crippen LogP contribution in [0.4, 0.5) is 13.2 Å². The number of H-pyrrole nitrogens is 1. The number of aliphatic hydroxyl groups is 2. The minimum atomic E-state index is -3.09. The van der Waals surface area contributed by atoms with E-state index in [2.05, 4.69) is 19.8 Å². The van der Waals surface area contributed by atoms with E-state index >= 15 is 0 Å². The lowest BCUT2D eigenvalue weighted by molar-refractivity contribution is -0.0505. The standard InChI is InChI=1S/C26H26ClF3N4O3/c1-13(23-22(37-26(29)30)7-6-20(28)24(23)27)18-10-32-25-17(18)8-14(9-31-25)19-11-33-34(21(19)12-35)15-2-4-16(36)5-3-15/h6-11,13,15-16,26,35-36H,2-5,12H2,1H3,(H,31,32)/t13-,15?,16?/m0/s1. The van der Waals surface area contributed by atoms with Gasteiger partial charge in [0.2, 0.25) is 0 Å². The van der Waals surface area contributed by atoms with Crippen molar-refractivity contribution < 1.29 is 28.1 Å². The maximum absolute atomic E-state index is 14.3. The molecule has 1 fully saturated rings. The van der Waals surface area contributed by atoms with Crippen molar-refractivity contribution in [3.63, 3.8) is 0 Å². The van der Waals surface area contributed by atoms with Gasteiger partial charge in [-0.05, 0) is 49.4 Å². The summed E-state index contributed by atoms with van der Waals surface area (Å²) in [6.45, 7) is -1.59. The molecule has 1 atom stereocenters. The van der Waals surface area contributed by atoms with Crippen molar-refractivity contribution in [2.45, 2.75) is 63.9 Å². The van der Waals surface area contributed by atoms with Crippen molar-refractivity contribution in [2.24, 2.45) is 0 Å². The van der Waals surface area contributed by atoms with Crippen LogP contribution < -0.4 is 4.74 Å². The topological polar surface area (TPSA) is 96.2 Å². The Morgan fingerprint density at radius 2 is 1.97 bits per heavy atom. The number of fused-ring (bicyclic) bond motifs is 1. The maximum atomic E-state index is 14.3. The van der Waals surface area contributed by atoms with Crippen LogP contribution in [0.2, 0.25) is 5.02 Å². The lowest BCUT2D eigenvalue weighted by Gasteiger charge is -2.27. The first kappa shape index (κ1) is 25.6. The van der Waals surface area contributed by atoms with Gasteiger partial charge in [0.15, 0.2) is 0 Å². The van der Waals surface area contributed by atoms with Crippen molar-refractivity contribution in [1.29, 1.82) is 0 Å². The van der Waals surface area contributed by atoms with Gasteiger partial charge in [-0.1, -0.05) is 18.5 Å². The zero-order chi connectivity index (χ0) is 26.3. The molecule has 1 saturated carbocycles. The molecule has 0 amide bonds. The number of pyridine rings is 1. The van der Waals surface area contributed by atoms with Gasteiger partial charge in [-0.25, -0.2) is 9.37 Å². The third-order valence-corrected chi connectivity index (χ3v) is 7.53. The summed E-state index contributed by atoms with van der Waals surface area (Å²) in [5.41, 5.74) is 3.39. The van der Waals surface area contributed by atoms with Crippen molar-refractivity contribution in [3.8, 4) is 16.9 Å². The van der Waals surface area contributed by atoms with Gasteiger partial charge in [0, 0.05) is 40.4 Å². The Hall–Kier alpha value is -3.08. The van der Waals surface area contributed by atoms with Gasteiger partial charge >= 0.3 is 6.61 Å². The van der Waals surface area contributed by atoms with Gasteiger partial charge in [-0.15, -0.1) is 0 Å². The van der Waals surface area contributed by atoms with Crippen LogP contribution in [0.3, 0.4) is 0 Å². The number of nitrogens with one attached hydrogen (secondary N) is 1. The number of aromatic nitrogens is 4. The fourth-order valence-corrected chi connectivity index (χ4v) is 5.56. The highest BCUT2D eigenvalue weighted by molar-refractivity contribution is 6.31. The van der Waals surface area contributed by atoms with Crippen LogP contribution in [-0.2, 0) is 6.61 Å². The highest BCUT2D eigenvalue weighted by atomic mass is 35.5. The number of hydrogen-bond donors (Lipinski definition) is 3. The zero-order valence-corrected chi connectivity index (χ0v) is 20.7. The minimum absolute atomic E-state index is 0.0854. The second kappa shape index (κ2) is 10.4. The molecule has 196 valence electrons. The first-order valence-electron chi connectivity index (χ1n) is 12.0. The van der Waals surface area contributed by atoms with Crippen LogP contribution in [0.1, 0.15) is 61.4 Å². The van der Waals surface area contributed by atoms with Crippen molar-refractivity contribution >= 4 is 22.6 Å². The molecule has 3 heterocycles. The van der Waals surface area contributed by atoms with Gasteiger partial charge < -0.3 is 19.9 Å². The van der Waals surface area contributed by atoms with Gasteiger partial charge in [-0.2, -0.15) is 13.9 Å². The van der Waals surface area contributed by atoms with Gasteiger partial charge in [-0.3, -0.25) is 4.68 Å². The van der Waals surface area contributed by atoms with E-state index in [1.807, 2.05) is 10.7 Å². The van der Waals surface area contributed by atoms with Crippen molar-refractivity contribution in [3.05, 3.63) is 64.5 Å². The summed E-state index contributed by atoms with van der Waals surface area (Å²) in [6.07, 6.45) is 7.64. The number of alkyl halides is 2. The fraction of sp³-hybridized carbons (Fsp3) is 0.385. The zero-order valence-electron chi connectivity index (χ0n) is 20.0. The second-order valence-corrected chi connectivity index (χ2v) is 9.69. The average molecular weight is 535 g/mol. The third-order valence-electron chi connectivity index (χ3n) is 7.14. The number of aliphatic hydroxyl groups excluding tert-OH is 2. The number of ether oxygens (including phenoxy) is 1. The van der Waals surface area contributed by atoms with E-state index in [9.17, 15) is 23.4 Å². The molecule has 0 unspecified atom stereocenters. The van der Waals surface area contributed by atoms with E-state index in [1.165, 1.54) is 0 Å². The van der Waals surface area contributed by atoms with Gasteiger partial charge in [0.05, 0.1) is 35.7 Å². The molecule has 1 aliphatic carbocycles. The lowest BCUT2D eigenvalue weighted by atomic mass is 9.91. The Morgan fingerprint density at radius 3 is 2.68 bits per heavy atom. The summed E-state index contributed by atoms with van der Waals surface area (Å²) >= 11 is 6.22. The molecule has 0 spiro atoms. The van der Waals surface area contributed by atoms with Crippen LogP contribution in [0, 0.1) is 5.82 Å². The number of halogens is 4. The molecule has 0 bridgehead atoms. The largest absolute Gasteiger partial charge is 0.434 e. The lowest BCUT2D eigenvalue weighted by Crippen LogP contribution is -2.23. The summed E-state index contributed by atoms with van der Waals surface area (Å²) in [7, 11) is 0. The normalized spacial score (nSPS) is 19.0. The number of aromatic amines is 1. The van der Waals surface area contributed by atoms with E-state index < -0.39 is 18.3 Å². The van der Waals surface area contributed by atoms with Crippen molar-refractivity contribution in [2.75, 3.05) is 0 Å². The highest BCUT2D eigenvalue weighted by Gasteiger charge is 2.27. The van der Waals surface area contributed by atoms with E-state index in [0.717, 1.165) is 25.0 Å². The molecule has 7 nitrogen and oxygen atoms in total. The molecule has 0 radical (unpaired) electrons. The first-order valence-corrected chi connectivity index (χ1v) is 12.4. The first-order chi connectivity index (χ1) is 17.8. The van der Waals surface area contributed by atoms with E-state index in [1.54, 1.807) is 25.5 Å². The molecule has 0 aliphatic heterocycles. The molecule has 1 aliphatic rings. The Bertz CT molecular complexity index is 1420. The fourth-order valence-electron chi connectivity index (χ4n) is 5.24. The van der Waals surface area contributed by atoms with Crippen LogP contribution in [0.25, 0.3) is 22.2 Å². The molecule has 3 aromatic heterocycles. The number of hydrogen-bond acceptors (Lipinski definition) is 5. The Kier molecular flexibility index (Phi) is 7.15. The predicted octanol–water partition coefficient (Wildman–Crippen LogP) is 5.94. The molecule has 1 aromatic carbocycles. The summed E-state index contributed by atoms with van der Waals surface area (Å²) in [4.78, 5) is 7.58. The van der Waals surface area contributed by atoms with Crippen LogP contribution in [0.15, 0.2) is 36.8 Å². The monoisotopic (exact) mass is 534 g/mol. The molecule has 11 heteroatoms. The van der Waals surface area contributed by atoms with Gasteiger partial charge in [0.1, 0.15) is 17.2 Å². The Morgan fingerprint density at radius 1 is 1.22 bits per heavy atom. The summed E-state index contributed by atoms with van der Waals surface area (Å²) in [6, 6.07) is 4.09. The number of nitrogens with zero attached hydrogens (tertiary/aromatic N) is 3. The maximum Gasteiger partial charge on any atom is 0.387 e. The Labute approximate surface area is 215 Å². The summed E-state index contributed by atoms with van der Waals surface area (Å²) in [5.74, 6) is -1.55. The molecular formula is C26H26ClF3N4O3. The van der Waals surface area contributed by atoms with Gasteiger partial charge in [0.25, 0.3) is 0 Å². The second-order valence-electron chi connectivity index (χ2n) is 9.31. The van der Waals surface area contributed by atoms with E-state index in [0.29, 0.717) is 46.3 Å². The van der Waals surface area contributed by atoms with E-state index in [-0.39, 0.29) is 35.1 Å². The van der Waals surface area contributed by atoms with Crippen LogP contribution in [-0.4, -0.2) is 42.7 Å². The summed E-state index contributed by atoms with van der Waals surface area (Å²) < 4.78 is 46.9. The minimum Gasteiger partial charge on any atom is -0.434 e. The highest BCUT2D eigenvalue weighted by Crippen LogP contribution is 2.42. The molecule has 0 saturated heterocycles. The predicted molar refractivity (Wildman–Crippen MR) is 132 cm³/mol. The molecule has 4 aromatic rings. The van der Waals surface area contributed by atoms with E-state index in [4.69, 9.17) is 11.6 Å². The quantitative estimate of drug-likeness (QED) is 0.273. The van der Waals surface area contributed by atoms with Crippen LogP contribution in [0.5, 0.6) is 5.75 Å². The number of benzene rings is 1. The summed E-state index contributed by atoms with van der Waals surface area (Å²) in [5, 5.41) is 25.0. The smallest absolute Gasteiger partial charge is 0.387 e.